The molecule has 0 fully saturated rings. The van der Waals surface area contributed by atoms with Crippen LogP contribution in [0.1, 0.15) is 113 Å². The second-order valence-corrected chi connectivity index (χ2v) is 7.81. The minimum Gasteiger partial charge on any atom is -0.465 e. The first kappa shape index (κ1) is 18.3. The summed E-state index contributed by atoms with van der Waals surface area (Å²) < 4.78 is 4.93. The Morgan fingerprint density at radius 2 is 1.39 bits per heavy atom. The zero-order valence-corrected chi connectivity index (χ0v) is 16.8. The molecule has 4 rings (SSSR count). The van der Waals surface area contributed by atoms with Crippen molar-refractivity contribution in [2.75, 3.05) is 7.11 Å². The third-order valence-corrected chi connectivity index (χ3v) is 6.23. The molecule has 0 atom stereocenters. The van der Waals surface area contributed by atoms with E-state index in [1.807, 2.05) is 53.2 Å². The number of hydrogen-bond donors (Lipinski definition) is 0. The molecule has 0 radical (unpaired) electrons. The molecular weight excluding hydrogens is 386 g/mol. The number of carbonyl (C=O) groups excluding carboxylic acids is 1. The molecule has 0 aliphatic carbocycles. The van der Waals surface area contributed by atoms with E-state index in [2.05, 4.69) is 24.3 Å². The number of ether oxygens (including phenoxy) is 1. The number of aliphatic imine (C=N–C) groups is 1. The van der Waals surface area contributed by atoms with E-state index < -0.39 is 0 Å². The van der Waals surface area contributed by atoms with Gasteiger partial charge >= 0.3 is 5.97 Å². The molecule has 0 bridgehead atoms. The number of thiophene rings is 2. The van der Waals surface area contributed by atoms with E-state index >= 15 is 0 Å². The van der Waals surface area contributed by atoms with Crippen molar-refractivity contribution in [3.63, 3.8) is 0 Å². The molecule has 5 heteroatoms. The molecule has 2 aromatic heterocycles. The Hall–Kier alpha value is -3.02. The van der Waals surface area contributed by atoms with Crippen LogP contribution in [0.3, 0.4) is 0 Å². The number of methoxy groups -OCH3 is 1. The van der Waals surface area contributed by atoms with Gasteiger partial charge in [-0.25, -0.2) is 9.79 Å². The van der Waals surface area contributed by atoms with Crippen LogP contribution in [-0.2, 0) is 4.74 Å². The van der Waals surface area contributed by atoms with Crippen LogP contribution < -0.4 is 0 Å². The Balaban J connectivity index is -0.00000000255. The minimum atomic E-state index is -0.328. The maximum absolute atomic E-state index is 12.1. The number of nitrogens with zero attached hydrogens (tertiary/aromatic N) is 1. The Bertz CT molecular complexity index is 1150. The zero-order chi connectivity index (χ0) is 19.3. The van der Waals surface area contributed by atoms with Crippen LogP contribution in [0.4, 0.5) is 5.69 Å². The summed E-state index contributed by atoms with van der Waals surface area (Å²) in [5, 5.41) is 3.91. The third kappa shape index (κ3) is 3.67. The van der Waals surface area contributed by atoms with E-state index in [9.17, 15) is 4.79 Å². The molecule has 0 N–H and O–H groups in total. The quantitative estimate of drug-likeness (QED) is 0.189. The predicted octanol–water partition coefficient (Wildman–Crippen LogP) is 22.2. The first-order valence-electron chi connectivity index (χ1n) is 8.71. The molecule has 266 valence electrons. The predicted molar refractivity (Wildman–Crippen MR) is 252 cm³/mol. The topological polar surface area (TPSA) is 38.7 Å². The average molecular weight is 533 g/mol. The lowest BCUT2D eigenvalue weighted by Gasteiger charge is -2.08. The summed E-state index contributed by atoms with van der Waals surface area (Å²) in [6.07, 6.45) is 0. The third-order valence-electron chi connectivity index (χ3n) is 4.25. The Morgan fingerprint density at radius 1 is 0.821 bits per heavy atom. The standard InChI is InChI=1S/C23H17NO2S2.64H2/c1-26-23(25)18-12-14-27-21(18)22-19(13-15-28-22)24-20(16-8-4-2-5-9-16)17-10-6-3-7-11-17;;;;;;;;;;;;;;;;;;;;;;;;;;;;;;;;;;;;;;;;;;;;;;;;;;;;;;;;;;;;;;;;/h2-15H,1H3;64*1H. The summed E-state index contributed by atoms with van der Waals surface area (Å²) in [5.74, 6) is -0.328. The lowest BCUT2D eigenvalue weighted by molar-refractivity contribution is 0.0602. The van der Waals surface area contributed by atoms with Crippen LogP contribution in [-0.4, -0.2) is 18.8 Å². The van der Waals surface area contributed by atoms with Crippen molar-refractivity contribution in [3.8, 4) is 9.75 Å². The van der Waals surface area contributed by atoms with Gasteiger partial charge in [0, 0.05) is 102 Å². The van der Waals surface area contributed by atoms with Crippen molar-refractivity contribution in [2.24, 2.45) is 4.99 Å². The fourth-order valence-electron chi connectivity index (χ4n) is 2.92. The highest BCUT2D eigenvalue weighted by Crippen LogP contribution is 2.41. The molecule has 0 aliphatic heterocycles. The first-order valence-corrected chi connectivity index (χ1v) is 10.5. The van der Waals surface area contributed by atoms with Crippen LogP contribution in [0.15, 0.2) is 88.5 Å². The summed E-state index contributed by atoms with van der Waals surface area (Å²) in [6, 6.07) is 24.1. The first-order chi connectivity index (χ1) is 13.8. The number of hydrogen-bond acceptors (Lipinski definition) is 5. The smallest absolute Gasteiger partial charge is 0.339 e. The van der Waals surface area contributed by atoms with Gasteiger partial charge in [-0.1, -0.05) is 60.7 Å². The molecule has 0 saturated carbocycles. The van der Waals surface area contributed by atoms with Crippen LogP contribution in [0.25, 0.3) is 9.75 Å². The summed E-state index contributed by atoms with van der Waals surface area (Å²) in [4.78, 5) is 19.0. The molecule has 3 nitrogen and oxygen atoms in total. The highest BCUT2D eigenvalue weighted by atomic mass is 32.1. The van der Waals surface area contributed by atoms with Gasteiger partial charge in [0.1, 0.15) is 0 Å². The van der Waals surface area contributed by atoms with Gasteiger partial charge in [0.25, 0.3) is 0 Å². The van der Waals surface area contributed by atoms with E-state index in [-0.39, 0.29) is 97.3 Å². The van der Waals surface area contributed by atoms with Crippen molar-refractivity contribution < 1.29 is 101 Å². The average Bonchev–Trinajstić information content (AvgIpc) is 3.41. The van der Waals surface area contributed by atoms with Gasteiger partial charge in [-0.2, -0.15) is 0 Å². The molecular formula is C23H145NO2S2. The van der Waals surface area contributed by atoms with Gasteiger partial charge in [0.2, 0.25) is 0 Å². The highest BCUT2D eigenvalue weighted by Gasteiger charge is 2.19. The van der Waals surface area contributed by atoms with Crippen LogP contribution in [0.2, 0.25) is 0 Å². The number of esters is 1. The molecule has 4 aromatic rings. The van der Waals surface area contributed by atoms with Crippen LogP contribution in [0, 0.1) is 0 Å². The lowest BCUT2D eigenvalue weighted by atomic mass is 10.0. The maximum Gasteiger partial charge on any atom is 0.339 e. The highest BCUT2D eigenvalue weighted by molar-refractivity contribution is 7.21. The number of benzene rings is 2. The van der Waals surface area contributed by atoms with E-state index in [1.54, 1.807) is 17.4 Å². The Kier molecular flexibility index (Phi) is 5.46. The zero-order valence-electron chi connectivity index (χ0n) is 15.2. The molecule has 28 heavy (non-hydrogen) atoms. The molecule has 0 spiro atoms. The number of carbonyl (C=O) groups is 1. The van der Waals surface area contributed by atoms with Gasteiger partial charge < -0.3 is 4.74 Å². The SMILES string of the molecule is COC(=O)c1ccsc1-c1sccc1N=C(c1ccccc1)c1ccccc1.[HH].[HH].[HH].[HH].[HH].[HH].[HH].[HH].[HH].[HH].[HH].[HH].[HH].[HH].[HH].[HH].[HH].[HH].[HH].[HH].[HH].[HH].[HH].[HH].[HH].[HH].[HH].[HH].[HH].[HH].[HH].[HH].[HH].[HH].[HH].[HH].[HH].[HH].[HH].[HH].[HH].[HH].[HH].[HH].[HH].[HH].[HH].[HH].[HH].[HH].[HH].[HH].[HH].[HH].[HH].[HH].[HH].[HH].[HH].[HH].[HH].[HH].[HH].[HH]. The van der Waals surface area contributed by atoms with Crippen molar-refractivity contribution in [3.05, 3.63) is 100 Å². The minimum absolute atomic E-state index is 0. The van der Waals surface area contributed by atoms with Gasteiger partial charge in [0.15, 0.2) is 0 Å². The van der Waals surface area contributed by atoms with Crippen LogP contribution >= 0.6 is 22.7 Å². The van der Waals surface area contributed by atoms with Gasteiger partial charge in [0.05, 0.1) is 33.8 Å². The van der Waals surface area contributed by atoms with Crippen molar-refractivity contribution in [2.45, 2.75) is 0 Å². The summed E-state index contributed by atoms with van der Waals surface area (Å²) >= 11 is 3.10. The van der Waals surface area contributed by atoms with Crippen LogP contribution in [0.5, 0.6) is 0 Å². The maximum atomic E-state index is 12.1. The molecule has 0 saturated heterocycles. The fourth-order valence-corrected chi connectivity index (χ4v) is 4.83. The van der Waals surface area contributed by atoms with Gasteiger partial charge in [-0.3, -0.25) is 0 Å². The van der Waals surface area contributed by atoms with E-state index in [0.717, 1.165) is 32.3 Å². The molecule has 2 aromatic carbocycles. The number of rotatable bonds is 5. The fraction of sp³-hybridized carbons (Fsp3) is 0.0435. The van der Waals surface area contributed by atoms with Crippen molar-refractivity contribution >= 4 is 40.0 Å². The largest absolute Gasteiger partial charge is 0.465 e. The Morgan fingerprint density at radius 3 is 2.00 bits per heavy atom. The second-order valence-electron chi connectivity index (χ2n) is 5.98. The van der Waals surface area contributed by atoms with Gasteiger partial charge in [-0.05, 0) is 22.9 Å². The lowest BCUT2D eigenvalue weighted by Crippen LogP contribution is -2.02. The normalized spacial score (nSPS) is 10.5. The summed E-state index contributed by atoms with van der Waals surface area (Å²) in [5.41, 5.74) is 4.42. The molecule has 0 amide bonds. The van der Waals surface area contributed by atoms with Gasteiger partial charge in [-0.15, -0.1) is 22.7 Å². The molecule has 0 unspecified atom stereocenters. The van der Waals surface area contributed by atoms with E-state index in [0.29, 0.717) is 5.56 Å². The molecule has 0 aliphatic rings. The monoisotopic (exact) mass is 532 g/mol. The summed E-state index contributed by atoms with van der Waals surface area (Å²) in [7, 11) is 1.40. The molecule has 2 heterocycles. The second kappa shape index (κ2) is 8.33. The summed E-state index contributed by atoms with van der Waals surface area (Å²) in [6.45, 7) is 0. The van der Waals surface area contributed by atoms with Crippen molar-refractivity contribution in [1.29, 1.82) is 0 Å². The van der Waals surface area contributed by atoms with E-state index in [4.69, 9.17) is 9.73 Å². The van der Waals surface area contributed by atoms with Crippen molar-refractivity contribution in [1.82, 2.24) is 0 Å². The van der Waals surface area contributed by atoms with E-state index in [1.165, 1.54) is 18.4 Å². The Labute approximate surface area is 266 Å².